The van der Waals surface area contributed by atoms with E-state index in [-0.39, 0.29) is 17.8 Å². The number of ketones is 1. The largest absolute Gasteiger partial charge is 0.456 e. The summed E-state index contributed by atoms with van der Waals surface area (Å²) in [6.07, 6.45) is 8.77. The van der Waals surface area contributed by atoms with Crippen molar-refractivity contribution in [3.05, 3.63) is 0 Å². The smallest absolute Gasteiger partial charge is 0.326 e. The second-order valence-corrected chi connectivity index (χ2v) is 10.0. The van der Waals surface area contributed by atoms with Gasteiger partial charge in [0.1, 0.15) is 12.1 Å². The lowest BCUT2D eigenvalue weighted by Gasteiger charge is -2.55. The molecule has 5 aliphatic rings. The molecule has 1 atom stereocenters. The Morgan fingerprint density at radius 3 is 2.24 bits per heavy atom. The third-order valence-corrected chi connectivity index (χ3v) is 7.66. The molecule has 3 amide bonds. The SMILES string of the molecule is CCCC[C@@]1(C)NC(=O)N(CC(=O)OCC(=O)C23CC4CC(CC(C4)C2)C3)C1=O. The van der Waals surface area contributed by atoms with Crippen molar-refractivity contribution in [2.45, 2.75) is 77.2 Å². The van der Waals surface area contributed by atoms with Gasteiger partial charge in [0.2, 0.25) is 0 Å². The van der Waals surface area contributed by atoms with Gasteiger partial charge in [-0.2, -0.15) is 0 Å². The average molecular weight is 405 g/mol. The molecule has 1 aliphatic heterocycles. The molecule has 4 aliphatic carbocycles. The molecular formula is C22H32N2O5. The normalized spacial score (nSPS) is 37.7. The summed E-state index contributed by atoms with van der Waals surface area (Å²) in [5, 5.41) is 2.69. The first-order chi connectivity index (χ1) is 13.7. The predicted octanol–water partition coefficient (Wildman–Crippen LogP) is 2.82. The van der Waals surface area contributed by atoms with Crippen LogP contribution < -0.4 is 5.32 Å². The second kappa shape index (κ2) is 7.40. The first-order valence-corrected chi connectivity index (χ1v) is 11.1. The molecule has 7 heteroatoms. The molecule has 0 radical (unpaired) electrons. The summed E-state index contributed by atoms with van der Waals surface area (Å²) >= 11 is 0. The minimum Gasteiger partial charge on any atom is -0.456 e. The molecule has 0 unspecified atom stereocenters. The number of urea groups is 1. The quantitative estimate of drug-likeness (QED) is 0.496. The summed E-state index contributed by atoms with van der Waals surface area (Å²) in [6, 6.07) is -0.571. The molecule has 0 aromatic heterocycles. The summed E-state index contributed by atoms with van der Waals surface area (Å²) in [5.41, 5.74) is -1.28. The minimum atomic E-state index is -0.970. The molecule has 1 heterocycles. The number of esters is 1. The van der Waals surface area contributed by atoms with Crippen molar-refractivity contribution in [2.24, 2.45) is 23.2 Å². The average Bonchev–Trinajstić information content (AvgIpc) is 2.87. The van der Waals surface area contributed by atoms with Crippen LogP contribution in [0.3, 0.4) is 0 Å². The van der Waals surface area contributed by atoms with Crippen LogP contribution in [0.15, 0.2) is 0 Å². The monoisotopic (exact) mass is 404 g/mol. The lowest BCUT2D eigenvalue weighted by atomic mass is 9.48. The van der Waals surface area contributed by atoms with E-state index in [4.69, 9.17) is 4.74 Å². The van der Waals surface area contributed by atoms with Crippen molar-refractivity contribution in [1.82, 2.24) is 10.2 Å². The van der Waals surface area contributed by atoms with Crippen LogP contribution in [-0.4, -0.2) is 47.3 Å². The Hall–Kier alpha value is -1.92. The maximum absolute atomic E-state index is 13.0. The molecule has 29 heavy (non-hydrogen) atoms. The summed E-state index contributed by atoms with van der Waals surface area (Å²) in [7, 11) is 0. The standard InChI is InChI=1S/C22H32N2O5/c1-3-4-5-21(2)19(27)24(20(28)23-21)12-18(26)29-13-17(25)22-9-14-6-15(10-22)8-16(7-14)11-22/h14-16H,3-13H2,1-2H3,(H,23,28)/t14?,15?,16?,21-,22?/m1/s1. The highest BCUT2D eigenvalue weighted by Crippen LogP contribution is 2.60. The number of nitrogens with zero attached hydrogens (tertiary/aromatic N) is 1. The number of ether oxygens (including phenoxy) is 1. The highest BCUT2D eigenvalue weighted by Gasteiger charge is 2.54. The Bertz CT molecular complexity index is 697. The fraction of sp³-hybridized carbons (Fsp3) is 0.818. The lowest BCUT2D eigenvalue weighted by molar-refractivity contribution is -0.158. The summed E-state index contributed by atoms with van der Waals surface area (Å²) < 4.78 is 5.24. The van der Waals surface area contributed by atoms with E-state index >= 15 is 0 Å². The van der Waals surface area contributed by atoms with Gasteiger partial charge in [0.15, 0.2) is 12.4 Å². The number of carbonyl (C=O) groups is 4. The molecule has 4 saturated carbocycles. The van der Waals surface area contributed by atoms with Gasteiger partial charge >= 0.3 is 12.0 Å². The molecule has 5 rings (SSSR count). The number of hydrogen-bond donors (Lipinski definition) is 1. The van der Waals surface area contributed by atoms with Crippen molar-refractivity contribution in [1.29, 1.82) is 0 Å². The van der Waals surface area contributed by atoms with Gasteiger partial charge in [-0.3, -0.25) is 19.3 Å². The van der Waals surface area contributed by atoms with Gasteiger partial charge in [0, 0.05) is 5.41 Å². The van der Waals surface area contributed by atoms with E-state index < -0.39 is 30.0 Å². The number of unbranched alkanes of at least 4 members (excludes halogenated alkanes) is 1. The van der Waals surface area contributed by atoms with Crippen LogP contribution >= 0.6 is 0 Å². The molecule has 4 bridgehead atoms. The van der Waals surface area contributed by atoms with Crippen LogP contribution in [-0.2, 0) is 19.1 Å². The highest BCUT2D eigenvalue weighted by atomic mass is 16.5. The summed E-state index contributed by atoms with van der Waals surface area (Å²) in [5.74, 6) is 0.856. The Balaban J connectivity index is 1.31. The van der Waals surface area contributed by atoms with Gasteiger partial charge in [-0.1, -0.05) is 19.8 Å². The maximum atomic E-state index is 13.0. The topological polar surface area (TPSA) is 92.8 Å². The van der Waals surface area contributed by atoms with Crippen LogP contribution in [0.1, 0.15) is 71.6 Å². The second-order valence-electron chi connectivity index (χ2n) is 10.0. The van der Waals surface area contributed by atoms with E-state index in [2.05, 4.69) is 5.32 Å². The maximum Gasteiger partial charge on any atom is 0.326 e. The molecule has 0 aromatic rings. The third kappa shape index (κ3) is 3.68. The zero-order chi connectivity index (χ0) is 20.8. The lowest BCUT2D eigenvalue weighted by Crippen LogP contribution is -2.51. The number of nitrogens with one attached hydrogen (secondary N) is 1. The third-order valence-electron chi connectivity index (χ3n) is 7.66. The molecule has 5 fully saturated rings. The Kier molecular flexibility index (Phi) is 5.20. The number of imide groups is 1. The zero-order valence-electron chi connectivity index (χ0n) is 17.5. The molecule has 1 N–H and O–H groups in total. The van der Waals surface area contributed by atoms with Crippen molar-refractivity contribution in [3.8, 4) is 0 Å². The predicted molar refractivity (Wildman–Crippen MR) is 105 cm³/mol. The highest BCUT2D eigenvalue weighted by molar-refractivity contribution is 6.08. The number of hydrogen-bond acceptors (Lipinski definition) is 5. The van der Waals surface area contributed by atoms with Gasteiger partial charge in [0.05, 0.1) is 0 Å². The molecule has 7 nitrogen and oxygen atoms in total. The Labute approximate surface area is 171 Å². The van der Waals surface area contributed by atoms with E-state index in [9.17, 15) is 19.2 Å². The van der Waals surface area contributed by atoms with Gasteiger partial charge in [-0.05, 0) is 69.6 Å². The van der Waals surface area contributed by atoms with Crippen LogP contribution in [0.2, 0.25) is 0 Å². The van der Waals surface area contributed by atoms with Crippen LogP contribution in [0.5, 0.6) is 0 Å². The molecule has 0 spiro atoms. The van der Waals surface area contributed by atoms with Crippen molar-refractivity contribution >= 4 is 23.7 Å². The minimum absolute atomic E-state index is 0.0231. The van der Waals surface area contributed by atoms with E-state index in [1.165, 1.54) is 19.3 Å². The fourth-order valence-electron chi connectivity index (χ4n) is 6.52. The van der Waals surface area contributed by atoms with E-state index in [0.29, 0.717) is 24.2 Å². The number of carbonyl (C=O) groups excluding carboxylic acids is 4. The summed E-state index contributed by atoms with van der Waals surface area (Å²) in [6.45, 7) is 3.01. The number of rotatable bonds is 8. The first kappa shape index (κ1) is 20.4. The molecule has 0 aromatic carbocycles. The first-order valence-electron chi connectivity index (χ1n) is 11.1. The van der Waals surface area contributed by atoms with Crippen molar-refractivity contribution in [2.75, 3.05) is 13.2 Å². The van der Waals surface area contributed by atoms with E-state index in [1.54, 1.807) is 6.92 Å². The fourth-order valence-corrected chi connectivity index (χ4v) is 6.52. The number of amides is 3. The Morgan fingerprint density at radius 1 is 1.10 bits per heavy atom. The van der Waals surface area contributed by atoms with Gasteiger partial charge in [-0.25, -0.2) is 4.79 Å². The molecule has 1 saturated heterocycles. The van der Waals surface area contributed by atoms with Crippen LogP contribution in [0.25, 0.3) is 0 Å². The molecule has 160 valence electrons. The van der Waals surface area contributed by atoms with E-state index in [1.807, 2.05) is 6.92 Å². The van der Waals surface area contributed by atoms with E-state index in [0.717, 1.165) is 37.0 Å². The molecular weight excluding hydrogens is 372 g/mol. The van der Waals surface area contributed by atoms with Gasteiger partial charge in [0.25, 0.3) is 5.91 Å². The van der Waals surface area contributed by atoms with Gasteiger partial charge in [-0.15, -0.1) is 0 Å². The summed E-state index contributed by atoms with van der Waals surface area (Å²) in [4.78, 5) is 51.0. The zero-order valence-corrected chi connectivity index (χ0v) is 17.5. The Morgan fingerprint density at radius 2 is 1.69 bits per heavy atom. The van der Waals surface area contributed by atoms with Crippen molar-refractivity contribution in [3.63, 3.8) is 0 Å². The van der Waals surface area contributed by atoms with Crippen molar-refractivity contribution < 1.29 is 23.9 Å². The van der Waals surface area contributed by atoms with Gasteiger partial charge < -0.3 is 10.1 Å². The van der Waals surface area contributed by atoms with Crippen LogP contribution in [0.4, 0.5) is 4.79 Å². The van der Waals surface area contributed by atoms with Crippen LogP contribution in [0, 0.1) is 23.2 Å². The number of Topliss-reactive ketones (excluding diaryl/α,β-unsaturated/α-hetero) is 1.